The summed E-state index contributed by atoms with van der Waals surface area (Å²) in [6.07, 6.45) is 1.88. The van der Waals surface area contributed by atoms with Crippen molar-refractivity contribution in [2.75, 3.05) is 33.2 Å². The molecule has 0 bridgehead atoms. The normalized spacial score (nSPS) is 18.8. The summed E-state index contributed by atoms with van der Waals surface area (Å²) in [7, 11) is 2.06. The molecule has 7 heteroatoms. The Morgan fingerprint density at radius 1 is 1.06 bits per heavy atom. The lowest BCUT2D eigenvalue weighted by molar-refractivity contribution is -0.138. The van der Waals surface area contributed by atoms with Gasteiger partial charge < -0.3 is 15.1 Å². The average molecular weight is 474 g/mol. The number of amides is 2. The molecule has 2 amide bonds. The van der Waals surface area contributed by atoms with Crippen LogP contribution in [-0.4, -0.2) is 60.9 Å². The van der Waals surface area contributed by atoms with Crippen molar-refractivity contribution in [3.8, 4) is 0 Å². The van der Waals surface area contributed by atoms with Gasteiger partial charge in [0.15, 0.2) is 0 Å². The molecule has 2 aromatic carbocycles. The van der Waals surface area contributed by atoms with Gasteiger partial charge in [-0.15, -0.1) is 0 Å². The van der Waals surface area contributed by atoms with Crippen molar-refractivity contribution in [2.24, 2.45) is 0 Å². The Hall–Kier alpha value is -2.08. The molecule has 0 radical (unpaired) electrons. The first kappa shape index (κ1) is 23.1. The van der Waals surface area contributed by atoms with Crippen LogP contribution in [0.2, 0.25) is 10.0 Å². The van der Waals surface area contributed by atoms with E-state index < -0.39 is 11.5 Å². The Kier molecular flexibility index (Phi) is 6.80. The molecular weight excluding hydrogens is 445 g/mol. The first-order valence-electron chi connectivity index (χ1n) is 11.1. The van der Waals surface area contributed by atoms with Crippen molar-refractivity contribution in [2.45, 2.75) is 37.6 Å². The summed E-state index contributed by atoms with van der Waals surface area (Å²) < 4.78 is 0. The van der Waals surface area contributed by atoms with Crippen molar-refractivity contribution in [1.29, 1.82) is 0 Å². The molecule has 2 aromatic rings. The smallest absolute Gasteiger partial charge is 0.245 e. The summed E-state index contributed by atoms with van der Waals surface area (Å²) in [6.45, 7) is 5.04. The van der Waals surface area contributed by atoms with Gasteiger partial charge in [-0.25, -0.2) is 0 Å². The van der Waals surface area contributed by atoms with Crippen LogP contribution in [0.25, 0.3) is 0 Å². The van der Waals surface area contributed by atoms with Gasteiger partial charge in [0, 0.05) is 42.6 Å². The van der Waals surface area contributed by atoms with Crippen LogP contribution < -0.4 is 5.32 Å². The Bertz CT molecular complexity index is 1010. The minimum absolute atomic E-state index is 0.0223. The fourth-order valence-corrected chi connectivity index (χ4v) is 5.03. The quantitative estimate of drug-likeness (QED) is 0.693. The number of hydrogen-bond donors (Lipinski definition) is 1. The lowest BCUT2D eigenvalue weighted by atomic mass is 9.93. The molecule has 1 aliphatic carbocycles. The highest BCUT2D eigenvalue weighted by Crippen LogP contribution is 2.51. The van der Waals surface area contributed by atoms with E-state index in [1.54, 1.807) is 12.1 Å². The zero-order valence-corrected chi connectivity index (χ0v) is 20.0. The molecule has 1 aliphatic heterocycles. The van der Waals surface area contributed by atoms with Gasteiger partial charge in [0.1, 0.15) is 6.04 Å². The highest BCUT2D eigenvalue weighted by Gasteiger charge is 2.53. The van der Waals surface area contributed by atoms with Gasteiger partial charge in [0.05, 0.1) is 5.41 Å². The topological polar surface area (TPSA) is 52.7 Å². The second-order valence-electron chi connectivity index (χ2n) is 9.05. The Labute approximate surface area is 199 Å². The predicted molar refractivity (Wildman–Crippen MR) is 128 cm³/mol. The first-order valence-corrected chi connectivity index (χ1v) is 11.8. The first-order chi connectivity index (χ1) is 15.3. The van der Waals surface area contributed by atoms with Crippen LogP contribution in [0.5, 0.6) is 0 Å². The second-order valence-corrected chi connectivity index (χ2v) is 9.90. The molecule has 0 unspecified atom stereocenters. The van der Waals surface area contributed by atoms with Crippen molar-refractivity contribution < 1.29 is 9.59 Å². The summed E-state index contributed by atoms with van der Waals surface area (Å²) in [5, 5.41) is 4.13. The molecule has 1 saturated carbocycles. The minimum atomic E-state index is -0.686. The molecule has 32 heavy (non-hydrogen) atoms. The lowest BCUT2D eigenvalue weighted by Gasteiger charge is -2.35. The van der Waals surface area contributed by atoms with E-state index in [0.717, 1.165) is 29.8 Å². The summed E-state index contributed by atoms with van der Waals surface area (Å²) in [6, 6.07) is 12.7. The van der Waals surface area contributed by atoms with Gasteiger partial charge in [-0.3, -0.25) is 9.59 Å². The minimum Gasteiger partial charge on any atom is -0.343 e. The van der Waals surface area contributed by atoms with E-state index in [1.165, 1.54) is 0 Å². The number of piperazine rings is 1. The number of carbonyl (C=O) groups is 2. The van der Waals surface area contributed by atoms with Gasteiger partial charge >= 0.3 is 0 Å². The molecule has 170 valence electrons. The molecule has 1 atom stereocenters. The van der Waals surface area contributed by atoms with E-state index in [1.807, 2.05) is 36.1 Å². The third-order valence-corrected chi connectivity index (χ3v) is 7.12. The number of hydrogen-bond acceptors (Lipinski definition) is 3. The monoisotopic (exact) mass is 473 g/mol. The van der Waals surface area contributed by atoms with Gasteiger partial charge in [0.2, 0.25) is 11.8 Å². The standard InChI is InChI=1S/C25H29Cl2N3O2/c1-17-4-3-5-18(14-17)15-22(23(31)30-12-10-29(2)11-13-30)28-24(32)25(8-9-25)20-7-6-19(26)16-21(20)27/h3-7,14,16,22H,8-13,15H2,1-2H3,(H,28,32)/t22-/m0/s1. The third-order valence-electron chi connectivity index (χ3n) is 6.57. The largest absolute Gasteiger partial charge is 0.343 e. The number of halogens is 2. The Morgan fingerprint density at radius 2 is 1.78 bits per heavy atom. The number of likely N-dealkylation sites (N-methyl/N-ethyl adjacent to an activating group) is 1. The second kappa shape index (κ2) is 9.42. The summed E-state index contributed by atoms with van der Waals surface area (Å²) >= 11 is 12.5. The molecule has 2 aliphatic rings. The number of rotatable bonds is 6. The van der Waals surface area contributed by atoms with E-state index in [9.17, 15) is 9.59 Å². The zero-order chi connectivity index (χ0) is 22.9. The van der Waals surface area contributed by atoms with Crippen LogP contribution in [-0.2, 0) is 21.4 Å². The van der Waals surface area contributed by atoms with Gasteiger partial charge in [-0.1, -0.05) is 59.1 Å². The maximum absolute atomic E-state index is 13.5. The summed E-state index contributed by atoms with van der Waals surface area (Å²) in [4.78, 5) is 31.0. The van der Waals surface area contributed by atoms with Crippen molar-refractivity contribution in [3.05, 3.63) is 69.2 Å². The van der Waals surface area contributed by atoms with Crippen molar-refractivity contribution >= 4 is 35.0 Å². The Balaban J connectivity index is 1.56. The number of nitrogens with one attached hydrogen (secondary N) is 1. The molecule has 1 saturated heterocycles. The van der Waals surface area contributed by atoms with Crippen LogP contribution in [0.4, 0.5) is 0 Å². The van der Waals surface area contributed by atoms with Gasteiger partial charge in [0.25, 0.3) is 0 Å². The van der Waals surface area contributed by atoms with E-state index in [4.69, 9.17) is 23.2 Å². The zero-order valence-electron chi connectivity index (χ0n) is 18.5. The number of aryl methyl sites for hydroxylation is 1. The molecule has 0 spiro atoms. The van der Waals surface area contributed by atoms with Crippen LogP contribution in [0.1, 0.15) is 29.5 Å². The average Bonchev–Trinajstić information content (AvgIpc) is 3.55. The van der Waals surface area contributed by atoms with Crippen LogP contribution in [0, 0.1) is 6.92 Å². The Morgan fingerprint density at radius 3 is 2.41 bits per heavy atom. The predicted octanol–water partition coefficient (Wildman–Crippen LogP) is 3.83. The van der Waals surface area contributed by atoms with Gasteiger partial charge in [-0.05, 0) is 50.1 Å². The molecule has 1 heterocycles. The number of benzene rings is 2. The maximum atomic E-state index is 13.5. The van der Waals surface area contributed by atoms with Crippen molar-refractivity contribution in [3.63, 3.8) is 0 Å². The number of nitrogens with zero attached hydrogens (tertiary/aromatic N) is 2. The van der Waals surface area contributed by atoms with Crippen molar-refractivity contribution in [1.82, 2.24) is 15.1 Å². The lowest BCUT2D eigenvalue weighted by Crippen LogP contribution is -2.56. The van der Waals surface area contributed by atoms with E-state index >= 15 is 0 Å². The summed E-state index contributed by atoms with van der Waals surface area (Å²) in [5.41, 5.74) is 2.26. The third kappa shape index (κ3) is 4.95. The number of carbonyl (C=O) groups excluding carboxylic acids is 2. The summed E-state index contributed by atoms with van der Waals surface area (Å²) in [5.74, 6) is -0.159. The fourth-order valence-electron chi connectivity index (χ4n) is 4.44. The fraction of sp³-hybridized carbons (Fsp3) is 0.440. The van der Waals surface area contributed by atoms with E-state index in [2.05, 4.69) is 23.3 Å². The van der Waals surface area contributed by atoms with Crippen LogP contribution >= 0.6 is 23.2 Å². The molecule has 5 nitrogen and oxygen atoms in total. The molecule has 4 rings (SSSR count). The highest BCUT2D eigenvalue weighted by molar-refractivity contribution is 6.35. The van der Waals surface area contributed by atoms with Crippen LogP contribution in [0.3, 0.4) is 0 Å². The molecular formula is C25H29Cl2N3O2. The van der Waals surface area contributed by atoms with E-state index in [-0.39, 0.29) is 11.8 Å². The molecule has 1 N–H and O–H groups in total. The van der Waals surface area contributed by atoms with E-state index in [0.29, 0.717) is 42.4 Å². The van der Waals surface area contributed by atoms with Crippen LogP contribution in [0.15, 0.2) is 42.5 Å². The maximum Gasteiger partial charge on any atom is 0.245 e. The molecule has 0 aromatic heterocycles. The SMILES string of the molecule is Cc1cccc(C[C@H](NC(=O)C2(c3ccc(Cl)cc3Cl)CC2)C(=O)N2CCN(C)CC2)c1. The highest BCUT2D eigenvalue weighted by atomic mass is 35.5. The molecule has 2 fully saturated rings. The van der Waals surface area contributed by atoms with Gasteiger partial charge in [-0.2, -0.15) is 0 Å².